The Morgan fingerprint density at radius 2 is 1.66 bits per heavy atom. The van der Waals surface area contributed by atoms with Crippen LogP contribution in [0.15, 0.2) is 48.5 Å². The van der Waals surface area contributed by atoms with Gasteiger partial charge in [0.2, 0.25) is 5.91 Å². The van der Waals surface area contributed by atoms with E-state index in [-0.39, 0.29) is 17.8 Å². The van der Waals surface area contributed by atoms with E-state index in [9.17, 15) is 9.18 Å². The summed E-state index contributed by atoms with van der Waals surface area (Å²) in [5.74, 6) is 2.18. The summed E-state index contributed by atoms with van der Waals surface area (Å²) in [6.45, 7) is 7.40. The van der Waals surface area contributed by atoms with E-state index in [4.69, 9.17) is 4.74 Å². The molecule has 2 fully saturated rings. The van der Waals surface area contributed by atoms with Crippen LogP contribution in [0.5, 0.6) is 5.75 Å². The minimum atomic E-state index is -0.245. The predicted molar refractivity (Wildman–Crippen MR) is 125 cm³/mol. The first kappa shape index (κ1) is 22.8. The minimum Gasteiger partial charge on any atom is -0.493 e. The number of amides is 1. The smallest absolute Gasteiger partial charge is 0.227 e. The number of hydrogen-bond acceptors (Lipinski definition) is 3. The molecule has 5 heteroatoms. The van der Waals surface area contributed by atoms with Gasteiger partial charge in [-0.25, -0.2) is 4.39 Å². The van der Waals surface area contributed by atoms with E-state index >= 15 is 0 Å². The van der Waals surface area contributed by atoms with Crippen LogP contribution >= 0.6 is 0 Å². The van der Waals surface area contributed by atoms with Gasteiger partial charge in [-0.1, -0.05) is 44.5 Å². The molecule has 4 rings (SSSR count). The number of piperidine rings is 1. The lowest BCUT2D eigenvalue weighted by Gasteiger charge is -2.48. The Kier molecular flexibility index (Phi) is 7.46. The number of carbonyl (C=O) groups is 1. The van der Waals surface area contributed by atoms with Gasteiger partial charge in [-0.3, -0.25) is 4.79 Å². The lowest BCUT2D eigenvalue weighted by Crippen LogP contribution is -2.58. The Morgan fingerprint density at radius 3 is 2.28 bits per heavy atom. The molecule has 2 aromatic carbocycles. The van der Waals surface area contributed by atoms with Gasteiger partial charge < -0.3 is 15.0 Å². The van der Waals surface area contributed by atoms with Gasteiger partial charge in [0, 0.05) is 12.6 Å². The number of fused-ring (bicyclic) bond motifs is 2. The lowest BCUT2D eigenvalue weighted by atomic mass is 9.73. The Morgan fingerprint density at radius 1 is 1.03 bits per heavy atom. The van der Waals surface area contributed by atoms with Crippen LogP contribution in [0.1, 0.15) is 44.2 Å². The fraction of sp³-hybridized carbons (Fsp3) is 0.519. The molecular weight excluding hydrogens is 403 g/mol. The standard InChI is InChI=1S/C27H35FN2O2/c1-19(2)18-32-25-12-8-20(9-13-25)14-26(31)30(17-21-6-10-24(28)11-7-21)27-22-4-3-5-23(27)16-29-15-22/h6-13,19,22-23,27,29H,3-5,14-18H2,1-2H3/t22-,23+,27?. The highest BCUT2D eigenvalue weighted by Gasteiger charge is 2.41. The molecule has 1 amide bonds. The summed E-state index contributed by atoms with van der Waals surface area (Å²) >= 11 is 0. The highest BCUT2D eigenvalue weighted by atomic mass is 19.1. The van der Waals surface area contributed by atoms with Crippen molar-refractivity contribution in [3.8, 4) is 5.75 Å². The molecule has 2 aliphatic rings. The monoisotopic (exact) mass is 438 g/mol. The summed E-state index contributed by atoms with van der Waals surface area (Å²) in [5, 5.41) is 3.56. The van der Waals surface area contributed by atoms with Crippen LogP contribution in [-0.4, -0.2) is 36.5 Å². The van der Waals surface area contributed by atoms with Crippen LogP contribution in [0.25, 0.3) is 0 Å². The van der Waals surface area contributed by atoms with Crippen LogP contribution in [0, 0.1) is 23.6 Å². The number of rotatable bonds is 8. The first-order valence-corrected chi connectivity index (χ1v) is 12.0. The second-order valence-electron chi connectivity index (χ2n) is 9.77. The van der Waals surface area contributed by atoms with Crippen molar-refractivity contribution in [2.45, 2.75) is 52.1 Å². The van der Waals surface area contributed by atoms with Crippen molar-refractivity contribution in [3.63, 3.8) is 0 Å². The van der Waals surface area contributed by atoms with Crippen LogP contribution in [0.3, 0.4) is 0 Å². The molecule has 172 valence electrons. The third kappa shape index (κ3) is 5.69. The predicted octanol–water partition coefficient (Wildman–Crippen LogP) is 4.82. The van der Waals surface area contributed by atoms with E-state index in [1.807, 2.05) is 24.3 Å². The fourth-order valence-electron chi connectivity index (χ4n) is 5.17. The number of benzene rings is 2. The van der Waals surface area contributed by atoms with E-state index in [0.717, 1.165) is 42.8 Å². The molecule has 1 unspecified atom stereocenters. The molecule has 0 aromatic heterocycles. The van der Waals surface area contributed by atoms with Crippen LogP contribution < -0.4 is 10.1 Å². The zero-order valence-corrected chi connectivity index (χ0v) is 19.2. The Balaban J connectivity index is 1.51. The van der Waals surface area contributed by atoms with E-state index in [0.29, 0.717) is 37.3 Å². The van der Waals surface area contributed by atoms with Gasteiger partial charge in [0.15, 0.2) is 0 Å². The number of ether oxygens (including phenoxy) is 1. The van der Waals surface area contributed by atoms with E-state index < -0.39 is 0 Å². The van der Waals surface area contributed by atoms with Crippen molar-refractivity contribution < 1.29 is 13.9 Å². The second kappa shape index (κ2) is 10.5. The molecule has 2 bridgehead atoms. The van der Waals surface area contributed by atoms with E-state index in [2.05, 4.69) is 24.1 Å². The second-order valence-corrected chi connectivity index (χ2v) is 9.77. The average Bonchev–Trinajstić information content (AvgIpc) is 2.77. The van der Waals surface area contributed by atoms with Gasteiger partial charge in [-0.05, 0) is 79.1 Å². The number of hydrogen-bond donors (Lipinski definition) is 1. The molecule has 4 nitrogen and oxygen atoms in total. The number of halogens is 1. The molecule has 1 aliphatic carbocycles. The third-order valence-corrected chi connectivity index (χ3v) is 6.74. The van der Waals surface area contributed by atoms with Gasteiger partial charge >= 0.3 is 0 Å². The molecular formula is C27H35FN2O2. The Labute approximate surface area is 191 Å². The molecule has 1 saturated carbocycles. The first-order valence-electron chi connectivity index (χ1n) is 12.0. The molecule has 3 atom stereocenters. The largest absolute Gasteiger partial charge is 0.493 e. The molecule has 0 radical (unpaired) electrons. The SMILES string of the molecule is CC(C)COc1ccc(CC(=O)N(Cc2ccc(F)cc2)C2[C@@H]3CCC[C@H]2CNC3)cc1. The van der Waals surface area contributed by atoms with Gasteiger partial charge in [0.05, 0.1) is 13.0 Å². The van der Waals surface area contributed by atoms with Crippen molar-refractivity contribution in [1.29, 1.82) is 0 Å². The number of carbonyl (C=O) groups excluding carboxylic acids is 1. The maximum Gasteiger partial charge on any atom is 0.227 e. The molecule has 1 aliphatic heterocycles. The van der Waals surface area contributed by atoms with Crippen LogP contribution in [-0.2, 0) is 17.8 Å². The summed E-state index contributed by atoms with van der Waals surface area (Å²) in [7, 11) is 0. The van der Waals surface area contributed by atoms with Crippen molar-refractivity contribution >= 4 is 5.91 Å². The molecule has 32 heavy (non-hydrogen) atoms. The van der Waals surface area contributed by atoms with Crippen LogP contribution in [0.4, 0.5) is 4.39 Å². The highest BCUT2D eigenvalue weighted by Crippen LogP contribution is 2.36. The van der Waals surface area contributed by atoms with Crippen molar-refractivity contribution in [3.05, 3.63) is 65.5 Å². The molecule has 1 N–H and O–H groups in total. The number of nitrogens with one attached hydrogen (secondary N) is 1. The number of nitrogens with zero attached hydrogens (tertiary/aromatic N) is 1. The van der Waals surface area contributed by atoms with Crippen LogP contribution in [0.2, 0.25) is 0 Å². The average molecular weight is 439 g/mol. The molecule has 2 aromatic rings. The molecule has 1 heterocycles. The minimum absolute atomic E-state index is 0.147. The third-order valence-electron chi connectivity index (χ3n) is 6.74. The molecule has 1 saturated heterocycles. The zero-order valence-electron chi connectivity index (χ0n) is 19.2. The van der Waals surface area contributed by atoms with Gasteiger partial charge in [-0.15, -0.1) is 0 Å². The molecule has 0 spiro atoms. The topological polar surface area (TPSA) is 41.6 Å². The summed E-state index contributed by atoms with van der Waals surface area (Å²) in [6.07, 6.45) is 3.92. The zero-order chi connectivity index (χ0) is 22.5. The van der Waals surface area contributed by atoms with Crippen molar-refractivity contribution in [2.24, 2.45) is 17.8 Å². The summed E-state index contributed by atoms with van der Waals surface area (Å²) < 4.78 is 19.2. The highest BCUT2D eigenvalue weighted by molar-refractivity contribution is 5.79. The summed E-state index contributed by atoms with van der Waals surface area (Å²) in [4.78, 5) is 15.7. The van der Waals surface area contributed by atoms with Gasteiger partial charge in [-0.2, -0.15) is 0 Å². The normalized spacial score (nSPS) is 22.6. The Hall–Kier alpha value is -2.40. The quantitative estimate of drug-likeness (QED) is 0.643. The first-order chi connectivity index (χ1) is 15.5. The van der Waals surface area contributed by atoms with Gasteiger partial charge in [0.1, 0.15) is 11.6 Å². The van der Waals surface area contributed by atoms with Gasteiger partial charge in [0.25, 0.3) is 0 Å². The lowest BCUT2D eigenvalue weighted by molar-refractivity contribution is -0.138. The fourth-order valence-corrected chi connectivity index (χ4v) is 5.17. The van der Waals surface area contributed by atoms with E-state index in [1.165, 1.54) is 18.6 Å². The van der Waals surface area contributed by atoms with Crippen molar-refractivity contribution in [1.82, 2.24) is 10.2 Å². The maximum atomic E-state index is 13.6. The van der Waals surface area contributed by atoms with Crippen molar-refractivity contribution in [2.75, 3.05) is 19.7 Å². The summed E-state index contributed by atoms with van der Waals surface area (Å²) in [5.41, 5.74) is 1.98. The summed E-state index contributed by atoms with van der Waals surface area (Å²) in [6, 6.07) is 14.7. The Bertz CT molecular complexity index is 860. The maximum absolute atomic E-state index is 13.6. The van der Waals surface area contributed by atoms with E-state index in [1.54, 1.807) is 12.1 Å².